The Hall–Kier alpha value is -1.11. The van der Waals surface area contributed by atoms with Gasteiger partial charge in [0.2, 0.25) is 0 Å². The highest BCUT2D eigenvalue weighted by molar-refractivity contribution is 7.51. The van der Waals surface area contributed by atoms with Crippen LogP contribution in [-0.4, -0.2) is 73.7 Å². The van der Waals surface area contributed by atoms with Gasteiger partial charge in [-0.3, -0.25) is 23.4 Å². The predicted octanol–water partition coefficient (Wildman–Crippen LogP) is 3.12. The number of rotatable bonds is 13. The van der Waals surface area contributed by atoms with Gasteiger partial charge in [-0.2, -0.15) is 0 Å². The molecule has 1 aromatic heterocycles. The average Bonchev–Trinajstić information content (AvgIpc) is 3.13. The molecule has 0 amide bonds. The topological polar surface area (TPSA) is 129 Å². The third-order valence-electron chi connectivity index (χ3n) is 6.31. The summed E-state index contributed by atoms with van der Waals surface area (Å²) in [6.07, 6.45) is 0.610. The molecule has 35 heavy (non-hydrogen) atoms. The lowest BCUT2D eigenvalue weighted by Gasteiger charge is -2.39. The molecule has 1 unspecified atom stereocenters. The lowest BCUT2D eigenvalue weighted by atomic mass is 10.2. The van der Waals surface area contributed by atoms with E-state index < -0.39 is 45.7 Å². The molecule has 11 nitrogen and oxygen atoms in total. The van der Waals surface area contributed by atoms with Gasteiger partial charge in [-0.05, 0) is 25.2 Å². The van der Waals surface area contributed by atoms with Gasteiger partial charge < -0.3 is 14.0 Å². The molecule has 2 heterocycles. The van der Waals surface area contributed by atoms with Gasteiger partial charge in [0.05, 0.1) is 19.3 Å². The van der Waals surface area contributed by atoms with Gasteiger partial charge in [0.15, 0.2) is 8.32 Å². The molecule has 1 saturated heterocycles. The molecule has 1 aliphatic rings. The lowest BCUT2D eigenvalue weighted by molar-refractivity contribution is -0.108. The Bertz CT molecular complexity index is 1010. The van der Waals surface area contributed by atoms with Crippen molar-refractivity contribution in [3.63, 3.8) is 0 Å². The van der Waals surface area contributed by atoms with Crippen molar-refractivity contribution in [2.75, 3.05) is 32.7 Å². The molecule has 4 atom stereocenters. The molecule has 1 aliphatic heterocycles. The molecule has 0 spiro atoms. The minimum atomic E-state index is -3.78. The maximum absolute atomic E-state index is 13.5. The van der Waals surface area contributed by atoms with E-state index in [1.807, 2.05) is 0 Å². The summed E-state index contributed by atoms with van der Waals surface area (Å²) in [6.45, 7) is 10.6. The molecule has 1 aromatic rings. The fourth-order valence-electron chi connectivity index (χ4n) is 3.22. The first kappa shape index (κ1) is 30.1. The summed E-state index contributed by atoms with van der Waals surface area (Å²) in [6, 6.07) is 1.24. The maximum Gasteiger partial charge on any atom is 0.408 e. The number of aldehydes is 1. The van der Waals surface area contributed by atoms with Gasteiger partial charge >= 0.3 is 13.4 Å². The third kappa shape index (κ3) is 7.93. The second kappa shape index (κ2) is 12.4. The Kier molecular flexibility index (Phi) is 10.7. The van der Waals surface area contributed by atoms with E-state index in [-0.39, 0.29) is 37.1 Å². The van der Waals surface area contributed by atoms with Gasteiger partial charge in [-0.15, -0.1) is 11.6 Å². The van der Waals surface area contributed by atoms with Crippen LogP contribution in [0.1, 0.15) is 39.8 Å². The van der Waals surface area contributed by atoms with Crippen molar-refractivity contribution in [1.82, 2.24) is 14.2 Å². The first-order chi connectivity index (χ1) is 16.2. The minimum absolute atomic E-state index is 0.0658. The van der Waals surface area contributed by atoms with Crippen LogP contribution in [0.4, 0.5) is 0 Å². The molecule has 14 heteroatoms. The SMILES string of the molecule is CN(CCCl)P(=O)(OCCC=O)OC[C@H]1O[C@@H](n2ccc(=O)[nH]c2=O)C[C@@H]1O[Si](C)(C)C(C)(C)C. The van der Waals surface area contributed by atoms with Crippen LogP contribution in [0.5, 0.6) is 0 Å². The van der Waals surface area contributed by atoms with Crippen molar-refractivity contribution >= 4 is 34.0 Å². The van der Waals surface area contributed by atoms with Crippen LogP contribution in [-0.2, 0) is 27.6 Å². The summed E-state index contributed by atoms with van der Waals surface area (Å²) < 4.78 is 40.1. The fraction of sp³-hybridized carbons (Fsp3) is 0.762. The minimum Gasteiger partial charge on any atom is -0.411 e. The summed E-state index contributed by atoms with van der Waals surface area (Å²) >= 11 is 5.81. The standard InChI is InChI=1S/C21H37ClN3O8PSi/c1-21(2,3)35(5,6)33-16-14-19(25-10-8-18(27)23-20(25)28)32-17(16)15-31-34(29,24(4)11-9-22)30-13-7-12-26/h8,10,12,16-17,19H,7,9,11,13-15H2,1-6H3,(H,23,27,28)/t16-,17+,19+,34?/m0/s1. The number of nitrogens with one attached hydrogen (secondary N) is 1. The zero-order chi connectivity index (χ0) is 26.4. The molecule has 1 fully saturated rings. The van der Waals surface area contributed by atoms with Gasteiger partial charge in [-0.25, -0.2) is 14.0 Å². The van der Waals surface area contributed by atoms with Crippen LogP contribution in [0.15, 0.2) is 21.9 Å². The number of H-pyrrole nitrogens is 1. The second-order valence-corrected chi connectivity index (χ2v) is 17.2. The molecule has 0 aliphatic carbocycles. The lowest BCUT2D eigenvalue weighted by Crippen LogP contribution is -2.46. The van der Waals surface area contributed by atoms with E-state index in [1.54, 1.807) is 7.05 Å². The zero-order valence-electron chi connectivity index (χ0n) is 21.2. The number of aromatic nitrogens is 2. The summed E-state index contributed by atoms with van der Waals surface area (Å²) in [7, 11) is -4.46. The third-order valence-corrected chi connectivity index (χ3v) is 13.0. The van der Waals surface area contributed by atoms with Crippen LogP contribution < -0.4 is 11.2 Å². The number of ether oxygens (including phenoxy) is 1. The highest BCUT2D eigenvalue weighted by Crippen LogP contribution is 2.52. The first-order valence-corrected chi connectivity index (χ1v) is 16.4. The highest BCUT2D eigenvalue weighted by Gasteiger charge is 2.46. The number of hydrogen-bond donors (Lipinski definition) is 1. The van der Waals surface area contributed by atoms with Crippen molar-refractivity contribution < 1.29 is 27.6 Å². The number of hydrogen-bond acceptors (Lipinski definition) is 8. The number of aromatic amines is 1. The molecule has 1 N–H and O–H groups in total. The quantitative estimate of drug-likeness (QED) is 0.129. The Morgan fingerprint density at radius 1 is 1.34 bits per heavy atom. The Balaban J connectivity index is 2.29. The van der Waals surface area contributed by atoms with Crippen LogP contribution in [0.3, 0.4) is 0 Å². The van der Waals surface area contributed by atoms with E-state index in [4.69, 9.17) is 29.8 Å². The number of carbonyl (C=O) groups excluding carboxylic acids is 1. The normalized spacial score (nSPS) is 22.9. The van der Waals surface area contributed by atoms with Crippen molar-refractivity contribution in [1.29, 1.82) is 0 Å². The predicted molar refractivity (Wildman–Crippen MR) is 135 cm³/mol. The molecule has 0 bridgehead atoms. The van der Waals surface area contributed by atoms with E-state index >= 15 is 0 Å². The van der Waals surface area contributed by atoms with Crippen molar-refractivity contribution in [3.05, 3.63) is 33.1 Å². The smallest absolute Gasteiger partial charge is 0.408 e. The molecular formula is C21H37ClN3O8PSi. The molecular weight excluding hydrogens is 517 g/mol. The van der Waals surface area contributed by atoms with E-state index in [1.165, 1.54) is 21.5 Å². The Morgan fingerprint density at radius 2 is 2.03 bits per heavy atom. The van der Waals surface area contributed by atoms with Crippen molar-refractivity contribution in [2.45, 2.75) is 70.2 Å². The van der Waals surface area contributed by atoms with Gasteiger partial charge in [0.1, 0.15) is 18.6 Å². The van der Waals surface area contributed by atoms with Gasteiger partial charge in [0.25, 0.3) is 5.56 Å². The van der Waals surface area contributed by atoms with Crippen LogP contribution in [0.2, 0.25) is 18.1 Å². The monoisotopic (exact) mass is 553 g/mol. The number of alkyl halides is 1. The molecule has 200 valence electrons. The maximum atomic E-state index is 13.5. The van der Waals surface area contributed by atoms with Gasteiger partial charge in [-0.1, -0.05) is 20.8 Å². The first-order valence-electron chi connectivity index (χ1n) is 11.5. The highest BCUT2D eigenvalue weighted by atomic mass is 35.5. The second-order valence-electron chi connectivity index (χ2n) is 9.92. The molecule has 0 radical (unpaired) electrons. The van der Waals surface area contributed by atoms with Gasteiger partial charge in [0, 0.05) is 37.5 Å². The number of nitrogens with zero attached hydrogens (tertiary/aromatic N) is 2. The molecule has 2 rings (SSSR count). The Morgan fingerprint density at radius 3 is 2.60 bits per heavy atom. The summed E-state index contributed by atoms with van der Waals surface area (Å²) in [4.78, 5) is 36.8. The van der Waals surface area contributed by atoms with Crippen molar-refractivity contribution in [3.8, 4) is 0 Å². The Labute approximate surface area is 211 Å². The van der Waals surface area contributed by atoms with E-state index in [0.29, 0.717) is 12.7 Å². The van der Waals surface area contributed by atoms with E-state index in [0.717, 1.165) is 0 Å². The van der Waals surface area contributed by atoms with Crippen LogP contribution in [0.25, 0.3) is 0 Å². The van der Waals surface area contributed by atoms with Crippen molar-refractivity contribution in [2.24, 2.45) is 0 Å². The largest absolute Gasteiger partial charge is 0.411 e. The average molecular weight is 554 g/mol. The van der Waals surface area contributed by atoms with Crippen LogP contribution >= 0.6 is 19.3 Å². The fourth-order valence-corrected chi connectivity index (χ4v) is 6.43. The summed E-state index contributed by atoms with van der Waals surface area (Å²) in [5, 5.41) is -0.0842. The van der Waals surface area contributed by atoms with E-state index in [9.17, 15) is 18.9 Å². The van der Waals surface area contributed by atoms with Crippen LogP contribution in [0, 0.1) is 0 Å². The molecule has 0 aromatic carbocycles. The molecule has 0 saturated carbocycles. The number of carbonyl (C=O) groups is 1. The summed E-state index contributed by atoms with van der Waals surface area (Å²) in [5.74, 6) is 0.203. The zero-order valence-corrected chi connectivity index (χ0v) is 23.8. The summed E-state index contributed by atoms with van der Waals surface area (Å²) in [5.41, 5.74) is -1.10. The number of halogens is 1. The van der Waals surface area contributed by atoms with E-state index in [2.05, 4.69) is 38.8 Å².